The summed E-state index contributed by atoms with van der Waals surface area (Å²) in [7, 11) is 3.68. The summed E-state index contributed by atoms with van der Waals surface area (Å²) in [6.45, 7) is 0.698. The lowest BCUT2D eigenvalue weighted by Crippen LogP contribution is -2.25. The van der Waals surface area contributed by atoms with Crippen molar-refractivity contribution in [1.82, 2.24) is 0 Å². The van der Waals surface area contributed by atoms with Gasteiger partial charge in [-0.2, -0.15) is 8.78 Å². The van der Waals surface area contributed by atoms with Gasteiger partial charge in [-0.25, -0.2) is 0 Å². The Balaban J connectivity index is 2.32. The summed E-state index contributed by atoms with van der Waals surface area (Å²) in [5.41, 5.74) is 1.97. The molecule has 0 spiro atoms. The van der Waals surface area contributed by atoms with Crippen LogP contribution in [0.1, 0.15) is 28.6 Å². The van der Waals surface area contributed by atoms with Crippen molar-refractivity contribution in [3.8, 4) is 5.75 Å². The van der Waals surface area contributed by atoms with Crippen molar-refractivity contribution >= 4 is 75.2 Å². The van der Waals surface area contributed by atoms with Crippen LogP contribution in [0.3, 0.4) is 0 Å². The van der Waals surface area contributed by atoms with E-state index in [1.807, 2.05) is 15.7 Å². The molecule has 3 rings (SSSR count). The normalized spacial score (nSPS) is 11.9. The maximum absolute atomic E-state index is 14.1. The van der Waals surface area contributed by atoms with Crippen LogP contribution < -0.4 is 10.9 Å². The third-order valence-corrected chi connectivity index (χ3v) is 5.42. The van der Waals surface area contributed by atoms with Crippen LogP contribution in [-0.2, 0) is 5.92 Å². The van der Waals surface area contributed by atoms with Crippen LogP contribution in [0.15, 0.2) is 37.6 Å². The third kappa shape index (κ3) is 3.22. The van der Waals surface area contributed by atoms with Crippen molar-refractivity contribution in [2.45, 2.75) is 12.8 Å². The molecule has 0 saturated carbocycles. The number of halogens is 4. The third-order valence-electron chi connectivity index (χ3n) is 4.21. The van der Waals surface area contributed by atoms with E-state index in [-0.39, 0.29) is 31.4 Å². The average molecular weight is 484 g/mol. The Bertz CT molecular complexity index is 1040. The Morgan fingerprint density at radius 3 is 2.19 bits per heavy atom. The average Bonchev–Trinajstić information content (AvgIpc) is 2.90. The first kappa shape index (κ1) is 19.2. The van der Waals surface area contributed by atoms with Crippen molar-refractivity contribution in [3.05, 3.63) is 50.1 Å². The van der Waals surface area contributed by atoms with Crippen LogP contribution in [0.2, 0.25) is 0 Å². The zero-order chi connectivity index (χ0) is 19.4. The van der Waals surface area contributed by atoms with E-state index in [1.165, 1.54) is 12.1 Å². The molecule has 3 nitrogen and oxygen atoms in total. The van der Waals surface area contributed by atoms with Crippen molar-refractivity contribution in [1.29, 1.82) is 0 Å². The summed E-state index contributed by atoms with van der Waals surface area (Å²) in [5, 5.41) is 10.2. The number of fused-ring (bicyclic) bond motifs is 1. The lowest BCUT2D eigenvalue weighted by molar-refractivity contribution is -0.00469. The molecule has 0 aliphatic carbocycles. The number of benzene rings is 2. The van der Waals surface area contributed by atoms with E-state index < -0.39 is 17.5 Å². The minimum Gasteiger partial charge on any atom is -0.506 e. The smallest absolute Gasteiger partial charge is 0.302 e. The highest BCUT2D eigenvalue weighted by molar-refractivity contribution is 9.11. The van der Waals surface area contributed by atoms with Gasteiger partial charge in [0.2, 0.25) is 0 Å². The Kier molecular flexibility index (Phi) is 4.82. The quantitative estimate of drug-likeness (QED) is 0.460. The summed E-state index contributed by atoms with van der Waals surface area (Å²) in [5.74, 6) is -4.67. The number of carbonyl (C=O) groups is 1. The predicted molar refractivity (Wildman–Crippen MR) is 109 cm³/mol. The lowest BCUT2D eigenvalue weighted by atomic mass is 9.79. The minimum absolute atomic E-state index is 0.0777. The van der Waals surface area contributed by atoms with Gasteiger partial charge in [-0.05, 0) is 50.1 Å². The van der Waals surface area contributed by atoms with Crippen LogP contribution in [0.25, 0.3) is 11.0 Å². The first-order valence-electron chi connectivity index (χ1n) is 7.65. The maximum Gasteiger partial charge on any atom is 0.302 e. The van der Waals surface area contributed by atoms with Gasteiger partial charge in [0.1, 0.15) is 27.0 Å². The van der Waals surface area contributed by atoms with Crippen LogP contribution in [0.4, 0.5) is 8.78 Å². The zero-order valence-electron chi connectivity index (χ0n) is 14.1. The van der Waals surface area contributed by atoms with Gasteiger partial charge in [0.05, 0.1) is 14.5 Å². The molecule has 1 N–H and O–H groups in total. The van der Waals surface area contributed by atoms with Crippen molar-refractivity contribution in [3.63, 3.8) is 0 Å². The zero-order valence-corrected chi connectivity index (χ0v) is 17.3. The monoisotopic (exact) mass is 482 g/mol. The summed E-state index contributed by atoms with van der Waals surface area (Å²) in [6, 6.07) is 6.11. The molecule has 0 aliphatic heterocycles. The van der Waals surface area contributed by atoms with Crippen LogP contribution >= 0.6 is 31.9 Å². The molecule has 0 atom stereocenters. The number of furan rings is 1. The molecular formula is C17H12B2Br2F2O3. The van der Waals surface area contributed by atoms with Crippen molar-refractivity contribution < 1.29 is 23.1 Å². The Labute approximate surface area is 166 Å². The topological polar surface area (TPSA) is 50.4 Å². The summed E-state index contributed by atoms with van der Waals surface area (Å²) in [6.07, 6.45) is 0. The molecule has 132 valence electrons. The molecule has 0 unspecified atom stereocenters. The van der Waals surface area contributed by atoms with E-state index in [9.17, 15) is 18.7 Å². The van der Waals surface area contributed by atoms with Gasteiger partial charge in [0, 0.05) is 17.9 Å². The van der Waals surface area contributed by atoms with Gasteiger partial charge < -0.3 is 9.52 Å². The standard InChI is InChI=1S/C17H12B2Br2F2O3/c1-17(22,23)16-13(7-4-8(18)9(19)5-12(7)26-16)14(24)6-2-10(20)15(25)11(21)3-6/h2-5,25H,18-19H2,1H3. The van der Waals surface area contributed by atoms with Gasteiger partial charge in [0.15, 0.2) is 11.5 Å². The van der Waals surface area contributed by atoms with Crippen LogP contribution in [0, 0.1) is 0 Å². The number of hydrogen-bond donors (Lipinski definition) is 1. The highest BCUT2D eigenvalue weighted by Crippen LogP contribution is 2.39. The Morgan fingerprint density at radius 1 is 1.12 bits per heavy atom. The van der Waals surface area contributed by atoms with E-state index in [1.54, 1.807) is 12.1 Å². The van der Waals surface area contributed by atoms with Gasteiger partial charge >= 0.3 is 5.92 Å². The Morgan fingerprint density at radius 2 is 1.65 bits per heavy atom. The van der Waals surface area contributed by atoms with Crippen LogP contribution in [-0.4, -0.2) is 26.6 Å². The molecule has 0 amide bonds. The van der Waals surface area contributed by atoms with Crippen LogP contribution in [0.5, 0.6) is 5.75 Å². The fraction of sp³-hybridized carbons (Fsp3) is 0.118. The van der Waals surface area contributed by atoms with E-state index in [0.29, 0.717) is 12.3 Å². The summed E-state index contributed by atoms with van der Waals surface area (Å²) < 4.78 is 34.2. The summed E-state index contributed by atoms with van der Waals surface area (Å²) >= 11 is 6.31. The number of ketones is 1. The molecule has 9 heteroatoms. The van der Waals surface area contributed by atoms with E-state index in [4.69, 9.17) is 4.42 Å². The van der Waals surface area contributed by atoms with Gasteiger partial charge in [-0.1, -0.05) is 17.0 Å². The molecular weight excluding hydrogens is 472 g/mol. The number of aromatic hydroxyl groups is 1. The number of alkyl halides is 2. The number of rotatable bonds is 3. The molecule has 0 fully saturated rings. The molecule has 1 aromatic heterocycles. The van der Waals surface area contributed by atoms with Crippen molar-refractivity contribution in [2.75, 3.05) is 0 Å². The van der Waals surface area contributed by atoms with Gasteiger partial charge in [-0.3, -0.25) is 4.79 Å². The molecule has 1 heterocycles. The SMILES string of the molecule is Bc1cc2oc(C(C)(F)F)c(C(=O)c3cc(Br)c(O)c(Br)c3)c2cc1B. The molecule has 2 aromatic carbocycles. The molecule has 3 aromatic rings. The molecule has 0 bridgehead atoms. The fourth-order valence-electron chi connectivity index (χ4n) is 2.73. The minimum atomic E-state index is -3.32. The molecule has 26 heavy (non-hydrogen) atoms. The van der Waals surface area contributed by atoms with E-state index in [0.717, 1.165) is 10.9 Å². The van der Waals surface area contributed by atoms with E-state index >= 15 is 0 Å². The molecule has 0 radical (unpaired) electrons. The first-order chi connectivity index (χ1) is 12.0. The lowest BCUT2D eigenvalue weighted by Gasteiger charge is -2.10. The number of phenols is 1. The second-order valence-electron chi connectivity index (χ2n) is 6.24. The fourth-order valence-corrected chi connectivity index (χ4v) is 3.91. The highest BCUT2D eigenvalue weighted by atomic mass is 79.9. The second-order valence-corrected chi connectivity index (χ2v) is 7.95. The van der Waals surface area contributed by atoms with Crippen molar-refractivity contribution in [2.24, 2.45) is 0 Å². The number of phenolic OH excluding ortho intramolecular Hbond substituents is 1. The molecule has 0 saturated heterocycles. The van der Waals surface area contributed by atoms with Gasteiger partial charge in [-0.15, -0.1) is 0 Å². The second kappa shape index (κ2) is 6.53. The summed E-state index contributed by atoms with van der Waals surface area (Å²) in [4.78, 5) is 13.1. The highest BCUT2D eigenvalue weighted by Gasteiger charge is 2.37. The van der Waals surface area contributed by atoms with E-state index in [2.05, 4.69) is 31.9 Å². The Hall–Kier alpha value is -1.60. The van der Waals surface area contributed by atoms with Gasteiger partial charge in [0.25, 0.3) is 0 Å². The first-order valence-corrected chi connectivity index (χ1v) is 9.24. The number of hydrogen-bond acceptors (Lipinski definition) is 3. The maximum atomic E-state index is 14.1. The predicted octanol–water partition coefficient (Wildman–Crippen LogP) is 2.52. The largest absolute Gasteiger partial charge is 0.506 e. The number of carbonyl (C=O) groups excluding carboxylic acids is 1. The molecule has 0 aliphatic rings.